The van der Waals surface area contributed by atoms with Crippen LogP contribution < -0.4 is 14.4 Å². The number of thiophene rings is 1. The van der Waals surface area contributed by atoms with Crippen LogP contribution in [-0.4, -0.2) is 23.9 Å². The topological polar surface area (TPSA) is 76.1 Å². The van der Waals surface area contributed by atoms with Crippen molar-refractivity contribution >= 4 is 34.5 Å². The van der Waals surface area contributed by atoms with Gasteiger partial charge in [0.25, 0.3) is 11.7 Å². The largest absolute Gasteiger partial charge is 0.507 e. The van der Waals surface area contributed by atoms with Gasteiger partial charge in [-0.15, -0.1) is 11.3 Å². The highest BCUT2D eigenvalue weighted by atomic mass is 32.1. The van der Waals surface area contributed by atoms with Crippen molar-refractivity contribution in [3.05, 3.63) is 117 Å². The van der Waals surface area contributed by atoms with Crippen LogP contribution in [0, 0.1) is 6.92 Å². The van der Waals surface area contributed by atoms with Crippen molar-refractivity contribution in [2.75, 3.05) is 12.0 Å². The number of anilines is 1. The van der Waals surface area contributed by atoms with Gasteiger partial charge in [-0.05, 0) is 59.8 Å². The minimum atomic E-state index is -0.786. The first-order chi connectivity index (χ1) is 18.0. The number of para-hydroxylation sites is 2. The molecule has 1 unspecified atom stereocenters. The number of Topliss-reactive ketones (excluding diaryl/α,β-unsaturated/α-hetero) is 1. The number of aliphatic hydroxyl groups is 1. The number of rotatable bonds is 7. The first-order valence-corrected chi connectivity index (χ1v) is 12.6. The quantitative estimate of drug-likeness (QED) is 0.180. The van der Waals surface area contributed by atoms with Gasteiger partial charge in [0.2, 0.25) is 0 Å². The summed E-state index contributed by atoms with van der Waals surface area (Å²) in [6.07, 6.45) is 0. The zero-order chi connectivity index (χ0) is 25.9. The number of nitrogens with zero attached hydrogens (tertiary/aromatic N) is 1. The molecular formula is C30H25NO5S. The third-order valence-corrected chi connectivity index (χ3v) is 7.21. The van der Waals surface area contributed by atoms with E-state index in [1.54, 1.807) is 42.5 Å². The Balaban J connectivity index is 1.54. The van der Waals surface area contributed by atoms with Gasteiger partial charge in [0.05, 0.1) is 18.4 Å². The third kappa shape index (κ3) is 4.61. The molecule has 1 amide bonds. The fourth-order valence-corrected chi connectivity index (χ4v) is 5.30. The molecule has 0 saturated carbocycles. The van der Waals surface area contributed by atoms with Crippen LogP contribution in [-0.2, 0) is 16.2 Å². The van der Waals surface area contributed by atoms with Crippen LogP contribution >= 0.6 is 11.3 Å². The molecule has 186 valence electrons. The van der Waals surface area contributed by atoms with E-state index < -0.39 is 17.7 Å². The van der Waals surface area contributed by atoms with Gasteiger partial charge >= 0.3 is 0 Å². The summed E-state index contributed by atoms with van der Waals surface area (Å²) < 4.78 is 11.4. The number of methoxy groups -OCH3 is 1. The normalized spacial score (nSPS) is 16.7. The molecule has 1 aliphatic heterocycles. The van der Waals surface area contributed by atoms with Gasteiger partial charge in [0, 0.05) is 10.4 Å². The lowest BCUT2D eigenvalue weighted by atomic mass is 9.98. The maximum absolute atomic E-state index is 13.4. The number of amides is 1. The first-order valence-electron chi connectivity index (χ1n) is 11.7. The second kappa shape index (κ2) is 10.3. The molecule has 1 saturated heterocycles. The van der Waals surface area contributed by atoms with Gasteiger partial charge in [-0.1, -0.05) is 48.5 Å². The summed E-state index contributed by atoms with van der Waals surface area (Å²) in [5, 5.41) is 13.3. The van der Waals surface area contributed by atoms with E-state index in [2.05, 4.69) is 0 Å². The predicted molar refractivity (Wildman–Crippen MR) is 144 cm³/mol. The van der Waals surface area contributed by atoms with Gasteiger partial charge in [-0.3, -0.25) is 14.5 Å². The summed E-state index contributed by atoms with van der Waals surface area (Å²) in [4.78, 5) is 28.8. The zero-order valence-electron chi connectivity index (χ0n) is 20.4. The van der Waals surface area contributed by atoms with Crippen LogP contribution in [0.2, 0.25) is 0 Å². The molecule has 0 aliphatic carbocycles. The second-order valence-corrected chi connectivity index (χ2v) is 9.59. The molecule has 4 aromatic rings. The Hall–Kier alpha value is -4.36. The molecule has 1 fully saturated rings. The average molecular weight is 512 g/mol. The van der Waals surface area contributed by atoms with Crippen LogP contribution in [0.4, 0.5) is 5.69 Å². The fraction of sp³-hybridized carbons (Fsp3) is 0.133. The summed E-state index contributed by atoms with van der Waals surface area (Å²) in [7, 11) is 1.51. The molecule has 0 radical (unpaired) electrons. The zero-order valence-corrected chi connectivity index (χ0v) is 21.2. The minimum absolute atomic E-state index is 0.0377. The highest BCUT2D eigenvalue weighted by Gasteiger charge is 2.48. The van der Waals surface area contributed by atoms with Crippen molar-refractivity contribution in [1.29, 1.82) is 0 Å². The molecule has 7 heteroatoms. The highest BCUT2D eigenvalue weighted by Crippen LogP contribution is 2.46. The van der Waals surface area contributed by atoms with Crippen LogP contribution in [0.5, 0.6) is 11.5 Å². The maximum atomic E-state index is 13.4. The number of aliphatic hydroxyl groups excluding tert-OH is 1. The Bertz CT molecular complexity index is 1480. The maximum Gasteiger partial charge on any atom is 0.300 e. The molecule has 0 bridgehead atoms. The summed E-state index contributed by atoms with van der Waals surface area (Å²) in [5.41, 5.74) is 2.78. The molecule has 5 rings (SSSR count). The smallest absolute Gasteiger partial charge is 0.300 e. The van der Waals surface area contributed by atoms with Crippen molar-refractivity contribution in [2.45, 2.75) is 19.6 Å². The van der Waals surface area contributed by atoms with E-state index in [0.29, 0.717) is 29.4 Å². The van der Waals surface area contributed by atoms with E-state index in [0.717, 1.165) is 16.0 Å². The number of ketones is 1. The number of aryl methyl sites for hydroxylation is 1. The van der Waals surface area contributed by atoms with Crippen molar-refractivity contribution in [3.8, 4) is 11.5 Å². The lowest BCUT2D eigenvalue weighted by molar-refractivity contribution is -0.132. The molecule has 1 N–H and O–H groups in total. The van der Waals surface area contributed by atoms with Crippen molar-refractivity contribution < 1.29 is 24.2 Å². The summed E-state index contributed by atoms with van der Waals surface area (Å²) >= 11 is 1.41. The number of hydrogen-bond acceptors (Lipinski definition) is 6. The third-order valence-electron chi connectivity index (χ3n) is 6.29. The van der Waals surface area contributed by atoms with E-state index in [1.807, 2.05) is 54.8 Å². The van der Waals surface area contributed by atoms with Crippen LogP contribution in [0.3, 0.4) is 0 Å². The van der Waals surface area contributed by atoms with Gasteiger partial charge in [-0.2, -0.15) is 0 Å². The monoisotopic (exact) mass is 511 g/mol. The van der Waals surface area contributed by atoms with Gasteiger partial charge < -0.3 is 14.6 Å². The molecule has 6 nitrogen and oxygen atoms in total. The van der Waals surface area contributed by atoms with Crippen LogP contribution in [0.15, 0.2) is 95.9 Å². The number of carbonyl (C=O) groups excluding carboxylic acids is 2. The van der Waals surface area contributed by atoms with Crippen molar-refractivity contribution in [3.63, 3.8) is 0 Å². The Kier molecular flexibility index (Phi) is 6.79. The molecule has 1 aliphatic rings. The van der Waals surface area contributed by atoms with E-state index in [1.165, 1.54) is 23.3 Å². The highest BCUT2D eigenvalue weighted by molar-refractivity contribution is 7.10. The standard InChI is InChI=1S/C30H25NO5S/c1-19-17-21(14-15-23(19)36-18-20-9-4-3-5-10-20)28(32)26-27(25-13-8-16-37-25)31(30(34)29(26)33)22-11-6-7-12-24(22)35-2/h3-17,27,32H,18H2,1-2H3/b28-26-. The fourth-order valence-electron chi connectivity index (χ4n) is 4.48. The lowest BCUT2D eigenvalue weighted by Gasteiger charge is -2.25. The van der Waals surface area contributed by atoms with Gasteiger partial charge in [0.1, 0.15) is 29.9 Å². The molecular weight excluding hydrogens is 486 g/mol. The summed E-state index contributed by atoms with van der Waals surface area (Å²) in [6, 6.07) is 25.0. The molecule has 2 heterocycles. The Morgan fingerprint density at radius 2 is 1.70 bits per heavy atom. The van der Waals surface area contributed by atoms with E-state index >= 15 is 0 Å². The molecule has 3 aromatic carbocycles. The lowest BCUT2D eigenvalue weighted by Crippen LogP contribution is -2.29. The Morgan fingerprint density at radius 3 is 2.41 bits per heavy atom. The Labute approximate surface area is 219 Å². The Morgan fingerprint density at radius 1 is 0.946 bits per heavy atom. The molecule has 0 spiro atoms. The molecule has 1 aromatic heterocycles. The second-order valence-electron chi connectivity index (χ2n) is 8.61. The van der Waals surface area contributed by atoms with Crippen LogP contribution in [0.25, 0.3) is 5.76 Å². The van der Waals surface area contributed by atoms with Gasteiger partial charge in [-0.25, -0.2) is 0 Å². The predicted octanol–water partition coefficient (Wildman–Crippen LogP) is 6.27. The number of hydrogen-bond donors (Lipinski definition) is 1. The van der Waals surface area contributed by atoms with Crippen molar-refractivity contribution in [2.24, 2.45) is 0 Å². The number of carbonyl (C=O) groups is 2. The van der Waals surface area contributed by atoms with E-state index in [9.17, 15) is 14.7 Å². The van der Waals surface area contributed by atoms with E-state index in [-0.39, 0.29) is 11.3 Å². The van der Waals surface area contributed by atoms with E-state index in [4.69, 9.17) is 9.47 Å². The molecule has 37 heavy (non-hydrogen) atoms. The average Bonchev–Trinajstić information content (AvgIpc) is 3.55. The number of benzene rings is 3. The number of ether oxygens (including phenoxy) is 2. The summed E-state index contributed by atoms with van der Waals surface area (Å²) in [5.74, 6) is -0.564. The van der Waals surface area contributed by atoms with Crippen LogP contribution in [0.1, 0.15) is 27.6 Å². The first kappa shape index (κ1) is 24.3. The van der Waals surface area contributed by atoms with Crippen molar-refractivity contribution in [1.82, 2.24) is 0 Å². The van der Waals surface area contributed by atoms with Gasteiger partial charge in [0.15, 0.2) is 0 Å². The molecule has 1 atom stereocenters. The summed E-state index contributed by atoms with van der Waals surface area (Å²) in [6.45, 7) is 2.29. The minimum Gasteiger partial charge on any atom is -0.507 e. The SMILES string of the molecule is COc1ccccc1N1C(=O)C(=O)/C(=C(\O)c2ccc(OCc3ccccc3)c(C)c2)C1c1cccs1.